The molecule has 0 aliphatic carbocycles. The van der Waals surface area contributed by atoms with Crippen LogP contribution in [-0.2, 0) is 6.18 Å². The topological polar surface area (TPSA) is 67.4 Å². The van der Waals surface area contributed by atoms with Gasteiger partial charge >= 0.3 is 6.18 Å². The standard InChI is InChI=1S/C26H24BrF3N2O3/c1-16(2)12-13-35-23-11-8-18(14-22(23)27)25(34)31-20-9-6-17(7-10-20)24(33)32-21-5-3-4-19(15-21)26(28,29)30/h3-11,14-16H,12-13H2,1-2H3,(H,31,34)(H,32,33). The van der Waals surface area contributed by atoms with Gasteiger partial charge in [0.15, 0.2) is 0 Å². The van der Waals surface area contributed by atoms with Crippen molar-refractivity contribution in [1.82, 2.24) is 0 Å². The number of alkyl halides is 3. The highest BCUT2D eigenvalue weighted by atomic mass is 79.9. The van der Waals surface area contributed by atoms with Crippen molar-refractivity contribution >= 4 is 39.1 Å². The van der Waals surface area contributed by atoms with E-state index in [2.05, 4.69) is 40.4 Å². The second-order valence-electron chi connectivity index (χ2n) is 8.24. The van der Waals surface area contributed by atoms with Crippen LogP contribution < -0.4 is 15.4 Å². The third kappa shape index (κ3) is 7.58. The molecule has 0 saturated carbocycles. The van der Waals surface area contributed by atoms with Crippen molar-refractivity contribution in [1.29, 1.82) is 0 Å². The first-order valence-electron chi connectivity index (χ1n) is 10.9. The third-order valence-corrected chi connectivity index (χ3v) is 5.62. The van der Waals surface area contributed by atoms with E-state index in [0.717, 1.165) is 18.6 Å². The number of halogens is 4. The molecule has 0 unspecified atom stereocenters. The van der Waals surface area contributed by atoms with Crippen LogP contribution in [0.1, 0.15) is 46.5 Å². The van der Waals surface area contributed by atoms with Gasteiger partial charge in [0.25, 0.3) is 11.8 Å². The molecule has 0 radical (unpaired) electrons. The van der Waals surface area contributed by atoms with Crippen molar-refractivity contribution in [2.45, 2.75) is 26.4 Å². The summed E-state index contributed by atoms with van der Waals surface area (Å²) in [6.45, 7) is 4.80. The van der Waals surface area contributed by atoms with Crippen LogP contribution in [0.4, 0.5) is 24.5 Å². The van der Waals surface area contributed by atoms with Crippen LogP contribution in [0.2, 0.25) is 0 Å². The summed E-state index contributed by atoms with van der Waals surface area (Å²) in [6, 6.07) is 15.5. The maximum atomic E-state index is 12.9. The molecule has 3 aromatic carbocycles. The van der Waals surface area contributed by atoms with Crippen LogP contribution in [0.3, 0.4) is 0 Å². The highest BCUT2D eigenvalue weighted by Gasteiger charge is 2.30. The van der Waals surface area contributed by atoms with E-state index in [0.29, 0.717) is 34.0 Å². The summed E-state index contributed by atoms with van der Waals surface area (Å²) >= 11 is 3.42. The molecule has 0 aliphatic rings. The molecule has 2 amide bonds. The van der Waals surface area contributed by atoms with Gasteiger partial charge in [-0.2, -0.15) is 13.2 Å². The molecule has 2 N–H and O–H groups in total. The molecule has 0 aromatic heterocycles. The Morgan fingerprint density at radius 1 is 0.886 bits per heavy atom. The van der Waals surface area contributed by atoms with Gasteiger partial charge in [-0.3, -0.25) is 9.59 Å². The van der Waals surface area contributed by atoms with E-state index in [1.807, 2.05) is 0 Å². The first-order chi connectivity index (χ1) is 16.5. The minimum absolute atomic E-state index is 0.0319. The highest BCUT2D eigenvalue weighted by Crippen LogP contribution is 2.31. The Morgan fingerprint density at radius 2 is 1.51 bits per heavy atom. The first-order valence-corrected chi connectivity index (χ1v) is 11.6. The number of hydrogen-bond donors (Lipinski definition) is 2. The van der Waals surface area contributed by atoms with E-state index in [-0.39, 0.29) is 17.2 Å². The lowest BCUT2D eigenvalue weighted by molar-refractivity contribution is -0.137. The summed E-state index contributed by atoms with van der Waals surface area (Å²) in [4.78, 5) is 25.0. The number of amides is 2. The molecule has 0 spiro atoms. The van der Waals surface area contributed by atoms with Crippen LogP contribution in [0.25, 0.3) is 0 Å². The lowest BCUT2D eigenvalue weighted by Gasteiger charge is -2.12. The number of rotatable bonds is 8. The molecular formula is C26H24BrF3N2O3. The second kappa shape index (κ2) is 11.4. The number of anilines is 2. The number of carbonyl (C=O) groups excluding carboxylic acids is 2. The third-order valence-electron chi connectivity index (χ3n) is 5.00. The smallest absolute Gasteiger partial charge is 0.416 e. The van der Waals surface area contributed by atoms with Crippen molar-refractivity contribution in [2.24, 2.45) is 5.92 Å². The molecule has 184 valence electrons. The Balaban J connectivity index is 1.60. The SMILES string of the molecule is CC(C)CCOc1ccc(C(=O)Nc2ccc(C(=O)Nc3cccc(C(F)(F)F)c3)cc2)cc1Br. The monoisotopic (exact) mass is 548 g/mol. The minimum Gasteiger partial charge on any atom is -0.492 e. The number of hydrogen-bond acceptors (Lipinski definition) is 3. The van der Waals surface area contributed by atoms with E-state index in [1.165, 1.54) is 36.4 Å². The van der Waals surface area contributed by atoms with Gasteiger partial charge in [-0.1, -0.05) is 19.9 Å². The Labute approximate surface area is 209 Å². The van der Waals surface area contributed by atoms with Crippen molar-refractivity contribution in [2.75, 3.05) is 17.2 Å². The van der Waals surface area contributed by atoms with Gasteiger partial charge in [0.05, 0.1) is 16.6 Å². The van der Waals surface area contributed by atoms with Crippen LogP contribution in [0.5, 0.6) is 5.75 Å². The molecule has 0 aliphatic heterocycles. The van der Waals surface area contributed by atoms with Gasteiger partial charge in [-0.15, -0.1) is 0 Å². The summed E-state index contributed by atoms with van der Waals surface area (Å²) in [7, 11) is 0. The van der Waals surface area contributed by atoms with Crippen molar-refractivity contribution in [3.05, 3.63) is 87.9 Å². The second-order valence-corrected chi connectivity index (χ2v) is 9.09. The van der Waals surface area contributed by atoms with Crippen LogP contribution >= 0.6 is 15.9 Å². The van der Waals surface area contributed by atoms with Crippen molar-refractivity contribution in [3.63, 3.8) is 0 Å². The van der Waals surface area contributed by atoms with E-state index < -0.39 is 17.6 Å². The zero-order valence-corrected chi connectivity index (χ0v) is 20.7. The molecule has 3 rings (SSSR count). The largest absolute Gasteiger partial charge is 0.492 e. The van der Waals surface area contributed by atoms with Gasteiger partial charge in [0, 0.05) is 22.5 Å². The Hall–Kier alpha value is -3.33. The summed E-state index contributed by atoms with van der Waals surface area (Å²) in [5, 5.41) is 5.19. The fourth-order valence-corrected chi connectivity index (χ4v) is 3.54. The number of carbonyl (C=O) groups is 2. The van der Waals surface area contributed by atoms with E-state index >= 15 is 0 Å². The van der Waals surface area contributed by atoms with Crippen molar-refractivity contribution in [3.8, 4) is 5.75 Å². The average Bonchev–Trinajstić information content (AvgIpc) is 2.80. The highest BCUT2D eigenvalue weighted by molar-refractivity contribution is 9.10. The summed E-state index contributed by atoms with van der Waals surface area (Å²) in [5.41, 5.74) is 0.282. The molecule has 5 nitrogen and oxygen atoms in total. The first kappa shape index (κ1) is 26.3. The predicted molar refractivity (Wildman–Crippen MR) is 133 cm³/mol. The predicted octanol–water partition coefficient (Wildman–Crippen LogP) is 7.40. The molecule has 0 bridgehead atoms. The lowest BCUT2D eigenvalue weighted by Crippen LogP contribution is -2.14. The Morgan fingerprint density at radius 3 is 2.14 bits per heavy atom. The molecular weight excluding hydrogens is 525 g/mol. The number of ether oxygens (including phenoxy) is 1. The molecule has 9 heteroatoms. The van der Waals surface area contributed by atoms with E-state index in [1.54, 1.807) is 18.2 Å². The van der Waals surface area contributed by atoms with Crippen LogP contribution in [0.15, 0.2) is 71.2 Å². The normalized spacial score (nSPS) is 11.3. The number of nitrogens with one attached hydrogen (secondary N) is 2. The lowest BCUT2D eigenvalue weighted by atomic mass is 10.1. The van der Waals surface area contributed by atoms with Gasteiger partial charge in [-0.25, -0.2) is 0 Å². The summed E-state index contributed by atoms with van der Waals surface area (Å²) < 4.78 is 45.0. The van der Waals surface area contributed by atoms with Crippen LogP contribution in [-0.4, -0.2) is 18.4 Å². The molecule has 35 heavy (non-hydrogen) atoms. The number of benzene rings is 3. The molecule has 3 aromatic rings. The average molecular weight is 549 g/mol. The van der Waals surface area contributed by atoms with Crippen molar-refractivity contribution < 1.29 is 27.5 Å². The van der Waals surface area contributed by atoms with Crippen LogP contribution in [0, 0.1) is 5.92 Å². The molecule has 0 saturated heterocycles. The van der Waals surface area contributed by atoms with Gasteiger partial charge in [0.2, 0.25) is 0 Å². The summed E-state index contributed by atoms with van der Waals surface area (Å²) in [6.07, 6.45) is -3.58. The summed E-state index contributed by atoms with van der Waals surface area (Å²) in [5.74, 6) is 0.259. The maximum absolute atomic E-state index is 12.9. The molecule has 0 heterocycles. The van der Waals surface area contributed by atoms with E-state index in [9.17, 15) is 22.8 Å². The fraction of sp³-hybridized carbons (Fsp3) is 0.231. The van der Waals surface area contributed by atoms with Gasteiger partial charge in [-0.05, 0) is 88.9 Å². The molecule has 0 fully saturated rings. The zero-order chi connectivity index (χ0) is 25.6. The Kier molecular flexibility index (Phi) is 8.56. The van der Waals surface area contributed by atoms with E-state index in [4.69, 9.17) is 4.74 Å². The fourth-order valence-electron chi connectivity index (χ4n) is 3.05. The maximum Gasteiger partial charge on any atom is 0.416 e. The van der Waals surface area contributed by atoms with Gasteiger partial charge in [0.1, 0.15) is 5.75 Å². The molecule has 0 atom stereocenters. The van der Waals surface area contributed by atoms with Gasteiger partial charge < -0.3 is 15.4 Å². The zero-order valence-electron chi connectivity index (χ0n) is 19.1. The minimum atomic E-state index is -4.50. The Bertz CT molecular complexity index is 1200. The quantitative estimate of drug-likeness (QED) is 0.308.